The summed E-state index contributed by atoms with van der Waals surface area (Å²) in [5, 5.41) is 22.3. The van der Waals surface area contributed by atoms with E-state index in [-0.39, 0.29) is 5.57 Å². The molecule has 0 saturated carbocycles. The van der Waals surface area contributed by atoms with Gasteiger partial charge in [0, 0.05) is 5.69 Å². The summed E-state index contributed by atoms with van der Waals surface area (Å²) >= 11 is 0. The summed E-state index contributed by atoms with van der Waals surface area (Å²) in [6.07, 6.45) is 1.42. The first-order chi connectivity index (χ1) is 13.0. The molecule has 0 unspecified atom stereocenters. The molecule has 0 aliphatic carbocycles. The Balaban J connectivity index is 2.05. The molecule has 1 amide bonds. The fourth-order valence-electron chi connectivity index (χ4n) is 2.12. The van der Waals surface area contributed by atoms with Crippen LogP contribution < -0.4 is 19.9 Å². The van der Waals surface area contributed by atoms with Crippen molar-refractivity contribution < 1.29 is 24.2 Å². The Kier molecular flexibility index (Phi) is 6.97. The van der Waals surface area contributed by atoms with E-state index < -0.39 is 18.5 Å². The van der Waals surface area contributed by atoms with Crippen LogP contribution in [0.1, 0.15) is 12.5 Å². The van der Waals surface area contributed by atoms with Crippen LogP contribution in [-0.2, 0) is 9.59 Å². The fourth-order valence-corrected chi connectivity index (χ4v) is 2.12. The number of aliphatic carboxylic acids is 1. The van der Waals surface area contributed by atoms with E-state index in [0.29, 0.717) is 29.4 Å². The Morgan fingerprint density at radius 3 is 2.22 bits per heavy atom. The van der Waals surface area contributed by atoms with Crippen LogP contribution in [0.15, 0.2) is 54.1 Å². The van der Waals surface area contributed by atoms with Crippen molar-refractivity contribution in [3.63, 3.8) is 0 Å². The molecule has 0 fully saturated rings. The molecule has 0 bridgehead atoms. The monoisotopic (exact) mass is 365 g/mol. The zero-order valence-electron chi connectivity index (χ0n) is 14.6. The lowest BCUT2D eigenvalue weighted by atomic mass is 10.1. The molecule has 0 aliphatic heterocycles. The number of carboxylic acids is 1. The fraction of sp³-hybridized carbons (Fsp3) is 0.150. The van der Waals surface area contributed by atoms with Gasteiger partial charge in [-0.1, -0.05) is 12.1 Å². The minimum atomic E-state index is -1.32. The van der Waals surface area contributed by atoms with Gasteiger partial charge in [-0.05, 0) is 55.0 Å². The van der Waals surface area contributed by atoms with Crippen LogP contribution in [0, 0.1) is 11.3 Å². The number of nitrogens with one attached hydrogen (secondary N) is 1. The highest BCUT2D eigenvalue weighted by molar-refractivity contribution is 6.09. The second-order valence-electron chi connectivity index (χ2n) is 5.31. The SMILES string of the molecule is CCOc1ccc(NC(=O)/C(C#N)=C\c2ccc(OCC(=O)[O-])cc2)cc1. The predicted octanol–water partition coefficient (Wildman–Crippen LogP) is 1.76. The molecule has 7 nitrogen and oxygen atoms in total. The molecule has 0 aromatic heterocycles. The van der Waals surface area contributed by atoms with Crippen molar-refractivity contribution in [3.05, 3.63) is 59.7 Å². The lowest BCUT2D eigenvalue weighted by Crippen LogP contribution is -2.28. The summed E-state index contributed by atoms with van der Waals surface area (Å²) in [5.74, 6) is -0.836. The second-order valence-corrected chi connectivity index (χ2v) is 5.31. The van der Waals surface area contributed by atoms with Gasteiger partial charge in [0.25, 0.3) is 5.91 Å². The van der Waals surface area contributed by atoms with Crippen molar-refractivity contribution >= 4 is 23.6 Å². The van der Waals surface area contributed by atoms with Gasteiger partial charge in [-0.2, -0.15) is 5.26 Å². The summed E-state index contributed by atoms with van der Waals surface area (Å²) < 4.78 is 10.3. The van der Waals surface area contributed by atoms with Crippen LogP contribution in [0.4, 0.5) is 5.69 Å². The summed E-state index contributed by atoms with van der Waals surface area (Å²) in [4.78, 5) is 22.6. The second kappa shape index (κ2) is 9.63. The molecule has 0 spiro atoms. The van der Waals surface area contributed by atoms with E-state index in [2.05, 4.69) is 5.32 Å². The smallest absolute Gasteiger partial charge is 0.266 e. The van der Waals surface area contributed by atoms with Crippen molar-refractivity contribution in [2.45, 2.75) is 6.92 Å². The molecule has 2 aromatic rings. The summed E-state index contributed by atoms with van der Waals surface area (Å²) in [5.41, 5.74) is 1.05. The number of carbonyl (C=O) groups excluding carboxylic acids is 2. The van der Waals surface area contributed by atoms with E-state index in [1.54, 1.807) is 36.4 Å². The number of carboxylic acid groups (broad SMARTS) is 1. The number of anilines is 1. The van der Waals surface area contributed by atoms with Crippen molar-refractivity contribution in [3.8, 4) is 17.6 Å². The largest absolute Gasteiger partial charge is 0.546 e. The summed E-state index contributed by atoms with van der Waals surface area (Å²) in [7, 11) is 0. The van der Waals surface area contributed by atoms with Gasteiger partial charge in [0.1, 0.15) is 29.7 Å². The van der Waals surface area contributed by atoms with Crippen molar-refractivity contribution in [2.75, 3.05) is 18.5 Å². The van der Waals surface area contributed by atoms with E-state index >= 15 is 0 Å². The lowest BCUT2D eigenvalue weighted by molar-refractivity contribution is -0.307. The molecule has 0 aliphatic rings. The first kappa shape index (κ1) is 19.5. The quantitative estimate of drug-likeness (QED) is 0.564. The number of hydrogen-bond acceptors (Lipinski definition) is 6. The third-order valence-corrected chi connectivity index (χ3v) is 3.34. The van der Waals surface area contributed by atoms with Gasteiger partial charge in [-0.3, -0.25) is 4.79 Å². The highest BCUT2D eigenvalue weighted by Gasteiger charge is 2.10. The Morgan fingerprint density at radius 2 is 1.67 bits per heavy atom. The minimum absolute atomic E-state index is 0.0766. The number of carbonyl (C=O) groups is 2. The van der Waals surface area contributed by atoms with Gasteiger partial charge in [0.15, 0.2) is 0 Å². The van der Waals surface area contributed by atoms with Gasteiger partial charge in [0.2, 0.25) is 0 Å². The molecular formula is C20H17N2O5-. The highest BCUT2D eigenvalue weighted by atomic mass is 16.5. The maximum absolute atomic E-state index is 12.3. The molecule has 0 atom stereocenters. The Bertz CT molecular complexity index is 865. The Labute approximate surface area is 156 Å². The van der Waals surface area contributed by atoms with E-state index in [0.717, 1.165) is 0 Å². The molecule has 0 heterocycles. The number of hydrogen-bond donors (Lipinski definition) is 1. The summed E-state index contributed by atoms with van der Waals surface area (Å²) in [6.45, 7) is 1.87. The van der Waals surface area contributed by atoms with Gasteiger partial charge < -0.3 is 24.7 Å². The molecule has 0 saturated heterocycles. The zero-order valence-corrected chi connectivity index (χ0v) is 14.6. The van der Waals surface area contributed by atoms with Crippen LogP contribution in [0.5, 0.6) is 11.5 Å². The molecule has 7 heteroatoms. The maximum atomic E-state index is 12.3. The molecule has 2 rings (SSSR count). The lowest BCUT2D eigenvalue weighted by Gasteiger charge is -2.07. The number of amides is 1. The van der Waals surface area contributed by atoms with Gasteiger partial charge in [-0.25, -0.2) is 0 Å². The van der Waals surface area contributed by atoms with E-state index in [4.69, 9.17) is 9.47 Å². The average molecular weight is 365 g/mol. The number of nitrogens with zero attached hydrogens (tertiary/aromatic N) is 1. The third kappa shape index (κ3) is 6.21. The molecule has 2 aromatic carbocycles. The molecular weight excluding hydrogens is 348 g/mol. The normalized spacial score (nSPS) is 10.6. The first-order valence-corrected chi connectivity index (χ1v) is 8.10. The van der Waals surface area contributed by atoms with Crippen molar-refractivity contribution in [2.24, 2.45) is 0 Å². The van der Waals surface area contributed by atoms with Crippen LogP contribution in [0.2, 0.25) is 0 Å². The highest BCUT2D eigenvalue weighted by Crippen LogP contribution is 2.18. The van der Waals surface area contributed by atoms with E-state index in [1.807, 2.05) is 13.0 Å². The number of nitriles is 1. The van der Waals surface area contributed by atoms with Crippen molar-refractivity contribution in [1.82, 2.24) is 0 Å². The topological polar surface area (TPSA) is 111 Å². The van der Waals surface area contributed by atoms with Gasteiger partial charge in [-0.15, -0.1) is 0 Å². The van der Waals surface area contributed by atoms with Crippen LogP contribution in [0.3, 0.4) is 0 Å². The molecule has 0 radical (unpaired) electrons. The number of benzene rings is 2. The number of ether oxygens (including phenoxy) is 2. The minimum Gasteiger partial charge on any atom is -0.546 e. The number of rotatable bonds is 8. The standard InChI is InChI=1S/C20H18N2O5/c1-2-26-17-9-5-16(6-10-17)22-20(25)15(12-21)11-14-3-7-18(8-4-14)27-13-19(23)24/h3-11H,2,13H2,1H3,(H,22,25)(H,23,24)/p-1/b15-11-. The van der Waals surface area contributed by atoms with Crippen LogP contribution >= 0.6 is 0 Å². The maximum Gasteiger partial charge on any atom is 0.266 e. The molecule has 138 valence electrons. The molecule has 1 N–H and O–H groups in total. The van der Waals surface area contributed by atoms with Gasteiger partial charge in [0.05, 0.1) is 12.6 Å². The zero-order chi connectivity index (χ0) is 19.6. The van der Waals surface area contributed by atoms with E-state index in [9.17, 15) is 20.0 Å². The third-order valence-electron chi connectivity index (χ3n) is 3.34. The van der Waals surface area contributed by atoms with Crippen LogP contribution in [-0.4, -0.2) is 25.1 Å². The average Bonchev–Trinajstić information content (AvgIpc) is 2.67. The summed E-state index contributed by atoms with van der Waals surface area (Å²) in [6, 6.07) is 15.0. The van der Waals surface area contributed by atoms with E-state index in [1.165, 1.54) is 18.2 Å². The Hall–Kier alpha value is -3.79. The molecule has 27 heavy (non-hydrogen) atoms. The van der Waals surface area contributed by atoms with Crippen LogP contribution in [0.25, 0.3) is 6.08 Å². The van der Waals surface area contributed by atoms with Gasteiger partial charge >= 0.3 is 0 Å². The van der Waals surface area contributed by atoms with Crippen molar-refractivity contribution in [1.29, 1.82) is 5.26 Å². The Morgan fingerprint density at radius 1 is 1.07 bits per heavy atom. The predicted molar refractivity (Wildman–Crippen MR) is 96.8 cm³/mol. The first-order valence-electron chi connectivity index (χ1n) is 8.10.